The van der Waals surface area contributed by atoms with E-state index < -0.39 is 125 Å². The highest BCUT2D eigenvalue weighted by Crippen LogP contribution is 2.28. The number of cyclic esters (lactones) is 1. The lowest BCUT2D eigenvalue weighted by Crippen LogP contribution is -2.66. The van der Waals surface area contributed by atoms with Crippen LogP contribution in [0.4, 0.5) is 0 Å². The molecule has 11 N–H and O–H groups in total. The van der Waals surface area contributed by atoms with Crippen molar-refractivity contribution in [1.29, 1.82) is 0 Å². The van der Waals surface area contributed by atoms with E-state index in [-0.39, 0.29) is 44.6 Å². The number of carbonyl (C=O) groups excluding carboxylic acids is 7. The van der Waals surface area contributed by atoms with Crippen LogP contribution in [0.3, 0.4) is 0 Å². The van der Waals surface area contributed by atoms with Gasteiger partial charge in [0.25, 0.3) is 5.91 Å². The molecule has 0 saturated carbocycles. The van der Waals surface area contributed by atoms with Gasteiger partial charge in [-0.3, -0.25) is 38.3 Å². The Bertz CT molecular complexity index is 1930. The van der Waals surface area contributed by atoms with Gasteiger partial charge in [-0.05, 0) is 50.0 Å². The fourth-order valence-corrected chi connectivity index (χ4v) is 7.38. The maximum atomic E-state index is 14.7. The van der Waals surface area contributed by atoms with E-state index >= 15 is 0 Å². The van der Waals surface area contributed by atoms with Crippen LogP contribution in [0.15, 0.2) is 35.3 Å². The number of rotatable bonds is 14. The number of benzene rings is 1. The van der Waals surface area contributed by atoms with Gasteiger partial charge in [-0.1, -0.05) is 64.4 Å². The fraction of sp³-hybridized carbons (Fsp3) is 0.641. The SMILES string of the molecule is CC[C@H](C)[C@H]1C(=O)N(C)[C@@H](Cc2ccccc2)C(=O)N[C@@H](C(C)C)C(=O)O[C@H](C)[C@H](NC(=O)C(O)COS(=O)(=O)O)C(=O)N[C@@H](CCCN=C(N)N)C(=O)N[C@H]2CC[C@@H](O)N1C2=O. The number of ether oxygens (including phenoxy) is 1. The molecule has 352 valence electrons. The van der Waals surface area contributed by atoms with Crippen LogP contribution in [0.5, 0.6) is 0 Å². The van der Waals surface area contributed by atoms with Gasteiger partial charge in [0.1, 0.15) is 55.2 Å². The predicted molar refractivity (Wildman–Crippen MR) is 224 cm³/mol. The van der Waals surface area contributed by atoms with Crippen molar-refractivity contribution in [2.45, 2.75) is 128 Å². The highest BCUT2D eigenvalue weighted by molar-refractivity contribution is 7.80. The number of esters is 1. The molecule has 10 atom stereocenters. The second kappa shape index (κ2) is 23.3. The van der Waals surface area contributed by atoms with E-state index in [2.05, 4.69) is 30.4 Å². The molecule has 23 nitrogen and oxygen atoms in total. The molecule has 24 heteroatoms. The number of aliphatic imine (C=N–C) groups is 1. The molecule has 2 saturated heterocycles. The van der Waals surface area contributed by atoms with Crippen LogP contribution in [0.25, 0.3) is 0 Å². The van der Waals surface area contributed by atoms with Gasteiger partial charge in [0.05, 0.1) is 0 Å². The number of hydrogen-bond acceptors (Lipinski definition) is 14. The molecule has 2 heterocycles. The number of fused-ring (bicyclic) bond motifs is 2. The van der Waals surface area contributed by atoms with Crippen molar-refractivity contribution in [1.82, 2.24) is 31.1 Å². The lowest BCUT2D eigenvalue weighted by molar-refractivity contribution is -0.168. The van der Waals surface area contributed by atoms with Crippen molar-refractivity contribution in [2.75, 3.05) is 20.2 Å². The van der Waals surface area contributed by atoms with E-state index in [9.17, 15) is 52.2 Å². The predicted octanol–water partition coefficient (Wildman–Crippen LogP) is -2.81. The van der Waals surface area contributed by atoms with Gasteiger partial charge in [0.2, 0.25) is 29.5 Å². The standard InChI is InChI=1S/C39H61N9O14S/c1-7-21(4)31-37(56)47(6)26(18-23-12-9-8-10-13-23)33(52)45-29(20(2)3)38(57)62-22(5)30(46-34(53)27(49)19-61-63(58,59)60)35(54)43-24(14-11-17-42-39(40)41)32(51)44-25-15-16-28(50)48(31)36(25)55/h8-10,12-13,20-22,24-31,49-50H,7,11,14-19H2,1-6H3,(H,43,54)(H,44,51)(H,45,52)(H,46,53)(H4,40,41,42)(H,58,59,60)/t21-,22+,24-,25-,26-,27?,28+,29-,30-,31-/m0/s1. The van der Waals surface area contributed by atoms with Crippen molar-refractivity contribution in [3.63, 3.8) is 0 Å². The van der Waals surface area contributed by atoms with E-state index in [1.165, 1.54) is 14.0 Å². The minimum absolute atomic E-state index is 0.0156. The van der Waals surface area contributed by atoms with Crippen LogP contribution in [-0.4, -0.2) is 155 Å². The largest absolute Gasteiger partial charge is 0.458 e. The lowest BCUT2D eigenvalue weighted by atomic mass is 9.91. The normalized spacial score (nSPS) is 26.8. The molecule has 2 aliphatic heterocycles. The van der Waals surface area contributed by atoms with Gasteiger partial charge < -0.3 is 57.5 Å². The highest BCUT2D eigenvalue weighted by atomic mass is 32.3. The second-order valence-corrected chi connectivity index (χ2v) is 17.0. The minimum Gasteiger partial charge on any atom is -0.458 e. The number of nitrogens with one attached hydrogen (secondary N) is 4. The Morgan fingerprint density at radius 3 is 2.24 bits per heavy atom. The quantitative estimate of drug-likeness (QED) is 0.0299. The van der Waals surface area contributed by atoms with Crippen molar-refractivity contribution < 1.29 is 65.7 Å². The Morgan fingerprint density at radius 2 is 1.65 bits per heavy atom. The first-order chi connectivity index (χ1) is 29.5. The number of nitrogens with zero attached hydrogens (tertiary/aromatic N) is 3. The molecule has 0 aromatic heterocycles. The molecular weight excluding hydrogens is 851 g/mol. The number of piperidine rings is 1. The molecule has 63 heavy (non-hydrogen) atoms. The van der Waals surface area contributed by atoms with Gasteiger partial charge in [-0.25, -0.2) is 8.98 Å². The zero-order chi connectivity index (χ0) is 47.3. The molecule has 1 unspecified atom stereocenters. The summed E-state index contributed by atoms with van der Waals surface area (Å²) in [4.78, 5) is 105. The van der Waals surface area contributed by atoms with E-state index in [0.29, 0.717) is 12.0 Å². The topological polar surface area (TPSA) is 352 Å². The molecule has 2 fully saturated rings. The Labute approximate surface area is 366 Å². The summed E-state index contributed by atoms with van der Waals surface area (Å²) in [6, 6.07) is -0.175. The summed E-state index contributed by atoms with van der Waals surface area (Å²) in [6.45, 7) is 6.51. The third-order valence-corrected chi connectivity index (χ3v) is 11.3. The summed E-state index contributed by atoms with van der Waals surface area (Å²) in [5.41, 5.74) is 11.5. The number of nitrogens with two attached hydrogens (primary N) is 2. The molecule has 0 spiro atoms. The number of carbonyl (C=O) groups is 7. The Balaban J connectivity index is 2.22. The van der Waals surface area contributed by atoms with Crippen LogP contribution >= 0.6 is 0 Å². The number of aliphatic hydroxyl groups excluding tert-OH is 2. The maximum Gasteiger partial charge on any atom is 0.397 e. The molecular formula is C39H61N9O14S. The Hall–Kier alpha value is -5.43. The van der Waals surface area contributed by atoms with Crippen LogP contribution < -0.4 is 32.7 Å². The number of aliphatic hydroxyl groups is 2. The van der Waals surface area contributed by atoms with Gasteiger partial charge in [-0.2, -0.15) is 8.42 Å². The molecule has 6 amide bonds. The summed E-state index contributed by atoms with van der Waals surface area (Å²) >= 11 is 0. The van der Waals surface area contributed by atoms with Gasteiger partial charge in [0.15, 0.2) is 12.1 Å². The first kappa shape index (κ1) is 51.9. The number of likely N-dealkylation sites (N-methyl/N-ethyl adjacent to an activating group) is 1. The van der Waals surface area contributed by atoms with Crippen LogP contribution in [-0.2, 0) is 59.3 Å². The van der Waals surface area contributed by atoms with Gasteiger partial charge in [0, 0.05) is 20.0 Å². The number of guanidine groups is 1. The van der Waals surface area contributed by atoms with Crippen molar-refractivity contribution in [2.24, 2.45) is 28.3 Å². The molecule has 3 rings (SSSR count). The van der Waals surface area contributed by atoms with Crippen LogP contribution in [0.1, 0.15) is 72.3 Å². The second-order valence-electron chi connectivity index (χ2n) is 15.9. The van der Waals surface area contributed by atoms with Gasteiger partial charge in [-0.15, -0.1) is 0 Å². The van der Waals surface area contributed by atoms with Crippen molar-refractivity contribution in [3.8, 4) is 0 Å². The zero-order valence-corrected chi connectivity index (χ0v) is 36.9. The summed E-state index contributed by atoms with van der Waals surface area (Å²) < 4.78 is 40.9. The van der Waals surface area contributed by atoms with Crippen LogP contribution in [0.2, 0.25) is 0 Å². The molecule has 2 bridgehead atoms. The van der Waals surface area contributed by atoms with E-state index in [0.717, 1.165) is 9.80 Å². The van der Waals surface area contributed by atoms with Gasteiger partial charge >= 0.3 is 16.4 Å². The van der Waals surface area contributed by atoms with Crippen LogP contribution in [0, 0.1) is 11.8 Å². The summed E-state index contributed by atoms with van der Waals surface area (Å²) in [5.74, 6) is -8.48. The fourth-order valence-electron chi connectivity index (χ4n) is 7.08. The molecule has 2 aliphatic rings. The average molecular weight is 912 g/mol. The zero-order valence-electron chi connectivity index (χ0n) is 36.1. The Morgan fingerprint density at radius 1 is 1.00 bits per heavy atom. The van der Waals surface area contributed by atoms with E-state index in [4.69, 9.17) is 20.8 Å². The molecule has 1 aromatic rings. The third kappa shape index (κ3) is 14.8. The lowest BCUT2D eigenvalue weighted by Gasteiger charge is -2.44. The number of hydrogen-bond donors (Lipinski definition) is 9. The Kier molecular flexibility index (Phi) is 19.2. The molecule has 0 aliphatic carbocycles. The summed E-state index contributed by atoms with van der Waals surface area (Å²) in [5, 5.41) is 31.6. The monoisotopic (exact) mass is 911 g/mol. The highest BCUT2D eigenvalue weighted by Gasteiger charge is 2.47. The molecule has 0 radical (unpaired) electrons. The van der Waals surface area contributed by atoms with E-state index in [1.807, 2.05) is 0 Å². The summed E-state index contributed by atoms with van der Waals surface area (Å²) in [7, 11) is -3.75. The van der Waals surface area contributed by atoms with Crippen molar-refractivity contribution >= 4 is 57.8 Å². The van der Waals surface area contributed by atoms with E-state index in [1.54, 1.807) is 58.0 Å². The smallest absolute Gasteiger partial charge is 0.397 e. The molecule has 1 aromatic carbocycles. The summed E-state index contributed by atoms with van der Waals surface area (Å²) in [6.07, 6.45) is -5.41. The minimum atomic E-state index is -5.11. The first-order valence-electron chi connectivity index (χ1n) is 20.5. The number of amides is 6. The first-order valence-corrected chi connectivity index (χ1v) is 21.9. The third-order valence-electron chi connectivity index (χ3n) is 10.9. The van der Waals surface area contributed by atoms with Crippen molar-refractivity contribution in [3.05, 3.63) is 35.9 Å². The average Bonchev–Trinajstić information content (AvgIpc) is 3.21. The maximum absolute atomic E-state index is 14.7.